The number of aromatic nitrogens is 2. The van der Waals surface area contributed by atoms with Gasteiger partial charge in [-0.2, -0.15) is 0 Å². The van der Waals surface area contributed by atoms with Crippen LogP contribution < -0.4 is 10.6 Å². The van der Waals surface area contributed by atoms with Gasteiger partial charge in [0.15, 0.2) is 0 Å². The number of rotatable bonds is 7. The topological polar surface area (TPSA) is 93.0 Å². The van der Waals surface area contributed by atoms with Crippen molar-refractivity contribution in [3.8, 4) is 0 Å². The Balaban J connectivity index is 2.31. The highest BCUT2D eigenvalue weighted by atomic mass is 16.6. The molecule has 1 aromatic heterocycles. The van der Waals surface area contributed by atoms with Gasteiger partial charge in [-0.1, -0.05) is 37.3 Å². The van der Waals surface area contributed by atoms with E-state index in [2.05, 4.69) is 20.6 Å². The molecule has 0 aliphatic rings. The summed E-state index contributed by atoms with van der Waals surface area (Å²) in [4.78, 5) is 19.1. The lowest BCUT2D eigenvalue weighted by Crippen LogP contribution is -2.17. The maximum Gasteiger partial charge on any atom is 0.353 e. The van der Waals surface area contributed by atoms with Gasteiger partial charge in [0, 0.05) is 6.04 Å². The zero-order valence-corrected chi connectivity index (χ0v) is 13.5. The van der Waals surface area contributed by atoms with Crippen LogP contribution in [-0.4, -0.2) is 20.9 Å². The van der Waals surface area contributed by atoms with Gasteiger partial charge in [-0.15, -0.1) is 0 Å². The molecule has 0 spiro atoms. The maximum atomic E-state index is 11.5. The van der Waals surface area contributed by atoms with E-state index in [4.69, 9.17) is 0 Å². The highest BCUT2D eigenvalue weighted by Gasteiger charge is 2.24. The average molecular weight is 315 g/mol. The lowest BCUT2D eigenvalue weighted by Gasteiger charge is -2.17. The third kappa shape index (κ3) is 4.15. The minimum atomic E-state index is -0.454. The number of nitro groups is 1. The average Bonchev–Trinajstić information content (AvgIpc) is 2.55. The van der Waals surface area contributed by atoms with Crippen LogP contribution in [0, 0.1) is 10.1 Å². The first-order chi connectivity index (χ1) is 11.0. The zero-order chi connectivity index (χ0) is 16.8. The van der Waals surface area contributed by atoms with Crippen molar-refractivity contribution in [2.75, 3.05) is 10.6 Å². The molecular weight excluding hydrogens is 294 g/mol. The molecule has 122 valence electrons. The molecule has 0 amide bonds. The van der Waals surface area contributed by atoms with E-state index in [0.717, 1.165) is 12.0 Å². The first-order valence-corrected chi connectivity index (χ1v) is 7.60. The van der Waals surface area contributed by atoms with E-state index >= 15 is 0 Å². The molecule has 2 rings (SSSR count). The Morgan fingerprint density at radius 2 is 1.74 bits per heavy atom. The number of benzene rings is 1. The molecule has 0 saturated carbocycles. The Hall–Kier alpha value is -2.70. The molecular formula is C16H21N5O2. The smallest absolute Gasteiger partial charge is 0.353 e. The first kappa shape index (κ1) is 16.7. The molecule has 2 unspecified atom stereocenters. The monoisotopic (exact) mass is 315 g/mol. The molecule has 0 aliphatic carbocycles. The van der Waals surface area contributed by atoms with Crippen molar-refractivity contribution >= 4 is 17.3 Å². The number of anilines is 2. The number of nitrogens with zero attached hydrogens (tertiary/aromatic N) is 3. The predicted octanol–water partition coefficient (Wildman–Crippen LogP) is 3.77. The van der Waals surface area contributed by atoms with Gasteiger partial charge in [-0.3, -0.25) is 10.1 Å². The largest absolute Gasteiger partial charge is 0.362 e. The summed E-state index contributed by atoms with van der Waals surface area (Å²) in [5, 5.41) is 17.6. The lowest BCUT2D eigenvalue weighted by molar-refractivity contribution is -0.383. The van der Waals surface area contributed by atoms with Gasteiger partial charge >= 0.3 is 5.69 Å². The van der Waals surface area contributed by atoms with E-state index < -0.39 is 4.92 Å². The van der Waals surface area contributed by atoms with Crippen molar-refractivity contribution in [2.24, 2.45) is 0 Å². The third-order valence-electron chi connectivity index (χ3n) is 3.65. The number of nitrogens with one attached hydrogen (secondary N) is 2. The Labute approximate surface area is 135 Å². The Bertz CT molecular complexity index is 663. The van der Waals surface area contributed by atoms with E-state index in [1.54, 1.807) is 0 Å². The van der Waals surface area contributed by atoms with E-state index in [-0.39, 0.29) is 29.4 Å². The Morgan fingerprint density at radius 1 is 1.13 bits per heavy atom. The van der Waals surface area contributed by atoms with Crippen LogP contribution in [0.2, 0.25) is 0 Å². The first-order valence-electron chi connectivity index (χ1n) is 7.60. The molecule has 0 radical (unpaired) electrons. The van der Waals surface area contributed by atoms with Crippen molar-refractivity contribution in [3.63, 3.8) is 0 Å². The molecule has 7 heteroatoms. The highest BCUT2D eigenvalue weighted by Crippen LogP contribution is 2.31. The standard InChI is InChI=1S/C16H21N5O2/c1-4-11(2)19-15-14(21(22)23)16(18-10-17-15)20-12(3)13-8-6-5-7-9-13/h5-12H,4H2,1-3H3,(H2,17,18,19,20). The molecule has 23 heavy (non-hydrogen) atoms. The van der Waals surface area contributed by atoms with Crippen molar-refractivity contribution in [3.05, 3.63) is 52.3 Å². The van der Waals surface area contributed by atoms with Crippen LogP contribution in [0.3, 0.4) is 0 Å². The summed E-state index contributed by atoms with van der Waals surface area (Å²) in [6.07, 6.45) is 2.17. The Kier molecular flexibility index (Phi) is 5.46. The summed E-state index contributed by atoms with van der Waals surface area (Å²) in [5.74, 6) is 0.453. The summed E-state index contributed by atoms with van der Waals surface area (Å²) < 4.78 is 0. The molecule has 1 aromatic carbocycles. The predicted molar refractivity (Wildman–Crippen MR) is 90.5 cm³/mol. The van der Waals surface area contributed by atoms with Crippen LogP contribution >= 0.6 is 0 Å². The van der Waals surface area contributed by atoms with Crippen LogP contribution in [0.1, 0.15) is 38.8 Å². The lowest BCUT2D eigenvalue weighted by atomic mass is 10.1. The van der Waals surface area contributed by atoms with Crippen LogP contribution in [0.15, 0.2) is 36.7 Å². The second-order valence-corrected chi connectivity index (χ2v) is 5.41. The van der Waals surface area contributed by atoms with Gasteiger partial charge < -0.3 is 10.6 Å². The van der Waals surface area contributed by atoms with Crippen LogP contribution in [0.25, 0.3) is 0 Å². The van der Waals surface area contributed by atoms with Gasteiger partial charge in [0.25, 0.3) is 0 Å². The summed E-state index contributed by atoms with van der Waals surface area (Å²) in [5.41, 5.74) is 0.896. The van der Waals surface area contributed by atoms with E-state index in [1.807, 2.05) is 51.1 Å². The van der Waals surface area contributed by atoms with Crippen LogP contribution in [0.5, 0.6) is 0 Å². The minimum absolute atomic E-state index is 0.0861. The van der Waals surface area contributed by atoms with Crippen molar-refractivity contribution in [1.29, 1.82) is 0 Å². The highest BCUT2D eigenvalue weighted by molar-refractivity contribution is 5.69. The van der Waals surface area contributed by atoms with Gasteiger partial charge in [0.1, 0.15) is 6.33 Å². The second kappa shape index (κ2) is 7.53. The van der Waals surface area contributed by atoms with Crippen molar-refractivity contribution in [1.82, 2.24) is 9.97 Å². The van der Waals surface area contributed by atoms with E-state index in [1.165, 1.54) is 6.33 Å². The molecule has 2 atom stereocenters. The molecule has 0 fully saturated rings. The third-order valence-corrected chi connectivity index (χ3v) is 3.65. The summed E-state index contributed by atoms with van der Waals surface area (Å²) in [6, 6.07) is 9.68. The fourth-order valence-corrected chi connectivity index (χ4v) is 2.13. The molecule has 1 heterocycles. The molecule has 2 N–H and O–H groups in total. The van der Waals surface area contributed by atoms with Crippen molar-refractivity contribution < 1.29 is 4.92 Å². The molecule has 0 saturated heterocycles. The van der Waals surface area contributed by atoms with Gasteiger partial charge in [-0.05, 0) is 25.8 Å². The van der Waals surface area contributed by atoms with Gasteiger partial charge in [0.2, 0.25) is 11.6 Å². The van der Waals surface area contributed by atoms with Crippen LogP contribution in [0.4, 0.5) is 17.3 Å². The summed E-state index contributed by atoms with van der Waals surface area (Å²) >= 11 is 0. The molecule has 0 bridgehead atoms. The normalized spacial score (nSPS) is 13.2. The van der Waals surface area contributed by atoms with Crippen LogP contribution in [-0.2, 0) is 0 Å². The van der Waals surface area contributed by atoms with Gasteiger partial charge in [0.05, 0.1) is 11.0 Å². The quantitative estimate of drug-likeness (QED) is 0.597. The molecule has 7 nitrogen and oxygen atoms in total. The number of hydrogen-bond acceptors (Lipinski definition) is 6. The minimum Gasteiger partial charge on any atom is -0.362 e. The van der Waals surface area contributed by atoms with Crippen molar-refractivity contribution in [2.45, 2.75) is 39.3 Å². The number of hydrogen-bond donors (Lipinski definition) is 2. The summed E-state index contributed by atoms with van der Waals surface area (Å²) in [7, 11) is 0. The fraction of sp³-hybridized carbons (Fsp3) is 0.375. The van der Waals surface area contributed by atoms with Gasteiger partial charge in [-0.25, -0.2) is 9.97 Å². The zero-order valence-electron chi connectivity index (χ0n) is 13.5. The Morgan fingerprint density at radius 3 is 2.30 bits per heavy atom. The summed E-state index contributed by atoms with van der Waals surface area (Å²) in [6.45, 7) is 5.88. The second-order valence-electron chi connectivity index (χ2n) is 5.41. The molecule has 2 aromatic rings. The molecule has 0 aliphatic heterocycles. The van der Waals surface area contributed by atoms with E-state index in [0.29, 0.717) is 0 Å². The van der Waals surface area contributed by atoms with E-state index in [9.17, 15) is 10.1 Å². The SMILES string of the molecule is CCC(C)Nc1ncnc(NC(C)c2ccccc2)c1[N+](=O)[O-]. The fourth-order valence-electron chi connectivity index (χ4n) is 2.13. The maximum absolute atomic E-state index is 11.5.